The molecule has 0 heterocycles. The topological polar surface area (TPSA) is 26.3 Å². The van der Waals surface area contributed by atoms with Crippen LogP contribution in [0.15, 0.2) is 0 Å². The quantitative estimate of drug-likeness (QED) is 0.273. The molecule has 2 nitrogen and oxygen atoms in total. The Bertz CT molecular complexity index is 58.0. The first-order valence-corrected chi connectivity index (χ1v) is 1.90. The van der Waals surface area contributed by atoms with Crippen LogP contribution in [0.3, 0.4) is 0 Å². The summed E-state index contributed by atoms with van der Waals surface area (Å²) in [6, 6.07) is 0. The van der Waals surface area contributed by atoms with Gasteiger partial charge in [-0.1, -0.05) is 0 Å². The van der Waals surface area contributed by atoms with Crippen molar-refractivity contribution in [3.05, 3.63) is 0 Å². The van der Waals surface area contributed by atoms with Gasteiger partial charge in [0.2, 0.25) is 0 Å². The van der Waals surface area contributed by atoms with Gasteiger partial charge in [-0.3, -0.25) is 4.79 Å². The van der Waals surface area contributed by atoms with E-state index in [9.17, 15) is 4.79 Å². The maximum absolute atomic E-state index is 9.82. The van der Waals surface area contributed by atoms with Gasteiger partial charge in [0.15, 0.2) is 0 Å². The Morgan fingerprint density at radius 3 is 2.00 bits per heavy atom. The van der Waals surface area contributed by atoms with Crippen LogP contribution in [0.25, 0.3) is 0 Å². The molecule has 0 saturated carbocycles. The van der Waals surface area contributed by atoms with E-state index in [2.05, 4.69) is 4.74 Å². The Morgan fingerprint density at radius 1 is 1.62 bits per heavy atom. The average Bonchev–Trinajstić information content (AvgIpc) is 1.35. The van der Waals surface area contributed by atoms with Crippen molar-refractivity contribution < 1.29 is 51.5 Å². The molecule has 0 rings (SSSR count). The van der Waals surface area contributed by atoms with E-state index >= 15 is 0 Å². The minimum absolute atomic E-state index is 0. The van der Waals surface area contributed by atoms with Crippen LogP contribution in [0.2, 0.25) is 0 Å². The van der Waals surface area contributed by atoms with Crippen molar-refractivity contribution >= 4 is 5.97 Å². The molecule has 0 atom stereocenters. The van der Waals surface area contributed by atoms with Gasteiger partial charge in [-0.2, -0.15) is 0 Å². The summed E-state index contributed by atoms with van der Waals surface area (Å²) in [4.78, 5) is 9.82. The first kappa shape index (κ1) is 15.9. The standard InChI is InChI=1S/C4H8O2.ClH.Na/c1-3-6-4(2)5;;/h3H2,1-2H3;1H;/q;;+1/p-1. The van der Waals surface area contributed by atoms with Gasteiger partial charge in [-0.15, -0.1) is 0 Å². The summed E-state index contributed by atoms with van der Waals surface area (Å²) in [5, 5.41) is 0. The summed E-state index contributed by atoms with van der Waals surface area (Å²) in [7, 11) is 0. The zero-order valence-corrected chi connectivity index (χ0v) is 8.16. The van der Waals surface area contributed by atoms with Crippen LogP contribution in [-0.4, -0.2) is 12.6 Å². The Hall–Kier alpha value is 0.760. The molecule has 0 aromatic heterocycles. The first-order valence-electron chi connectivity index (χ1n) is 1.90. The molecule has 4 heteroatoms. The van der Waals surface area contributed by atoms with Crippen LogP contribution in [0.4, 0.5) is 0 Å². The number of rotatable bonds is 1. The molecule has 0 unspecified atom stereocenters. The summed E-state index contributed by atoms with van der Waals surface area (Å²) < 4.78 is 4.40. The molecule has 0 bridgehead atoms. The second-order valence-electron chi connectivity index (χ2n) is 0.925. The maximum atomic E-state index is 9.82. The summed E-state index contributed by atoms with van der Waals surface area (Å²) in [5.74, 6) is -0.211. The number of carbonyl (C=O) groups is 1. The Kier molecular flexibility index (Phi) is 21.2. The van der Waals surface area contributed by atoms with Crippen LogP contribution in [-0.2, 0) is 9.53 Å². The smallest absolute Gasteiger partial charge is 1.00 e. The third-order valence-electron chi connectivity index (χ3n) is 0.348. The van der Waals surface area contributed by atoms with E-state index in [1.807, 2.05) is 0 Å². The van der Waals surface area contributed by atoms with E-state index < -0.39 is 0 Å². The minimum Gasteiger partial charge on any atom is -1.00 e. The van der Waals surface area contributed by atoms with Gasteiger partial charge in [-0.05, 0) is 6.92 Å². The number of halogens is 1. The summed E-state index contributed by atoms with van der Waals surface area (Å²) in [6.45, 7) is 3.65. The van der Waals surface area contributed by atoms with Crippen molar-refractivity contribution in [1.82, 2.24) is 0 Å². The average molecular weight is 147 g/mol. The second-order valence-corrected chi connectivity index (χ2v) is 0.925. The molecule has 0 aliphatic heterocycles. The molecule has 0 radical (unpaired) electrons. The molecule has 44 valence electrons. The molecule has 0 aromatic carbocycles. The van der Waals surface area contributed by atoms with E-state index in [0.717, 1.165) is 0 Å². The molecule has 0 aliphatic rings. The van der Waals surface area contributed by atoms with Crippen molar-refractivity contribution in [2.75, 3.05) is 6.61 Å². The third kappa shape index (κ3) is 15.9. The largest absolute Gasteiger partial charge is 1.00 e. The fourth-order valence-electron chi connectivity index (χ4n) is 0.203. The predicted octanol–water partition coefficient (Wildman–Crippen LogP) is -5.42. The predicted molar refractivity (Wildman–Crippen MR) is 22.3 cm³/mol. The van der Waals surface area contributed by atoms with Crippen molar-refractivity contribution in [3.8, 4) is 0 Å². The van der Waals surface area contributed by atoms with Gasteiger partial charge in [0.05, 0.1) is 6.61 Å². The van der Waals surface area contributed by atoms with E-state index in [0.29, 0.717) is 6.61 Å². The molecule has 0 fully saturated rings. The van der Waals surface area contributed by atoms with Crippen molar-refractivity contribution in [1.29, 1.82) is 0 Å². The molecule has 0 saturated heterocycles. The molecule has 0 aromatic rings. The number of esters is 1. The van der Waals surface area contributed by atoms with Gasteiger partial charge in [0, 0.05) is 6.92 Å². The molecular formula is C4H8ClNaO2. The number of carbonyl (C=O) groups excluding carboxylic acids is 1. The molecule has 0 N–H and O–H groups in total. The summed E-state index contributed by atoms with van der Waals surface area (Å²) in [5.41, 5.74) is 0. The van der Waals surface area contributed by atoms with Crippen molar-refractivity contribution in [2.24, 2.45) is 0 Å². The van der Waals surface area contributed by atoms with Crippen LogP contribution in [0.5, 0.6) is 0 Å². The van der Waals surface area contributed by atoms with E-state index in [1.54, 1.807) is 6.92 Å². The second kappa shape index (κ2) is 10.7. The maximum Gasteiger partial charge on any atom is 1.00 e. The fourth-order valence-corrected chi connectivity index (χ4v) is 0.203. The van der Waals surface area contributed by atoms with E-state index in [-0.39, 0.29) is 47.9 Å². The molecule has 0 aliphatic carbocycles. The van der Waals surface area contributed by atoms with Gasteiger partial charge in [0.25, 0.3) is 0 Å². The SMILES string of the molecule is CCOC(C)=O.[Cl-].[Na+]. The minimum atomic E-state index is -0.211. The molecule has 0 spiro atoms. The fraction of sp³-hybridized carbons (Fsp3) is 0.750. The third-order valence-corrected chi connectivity index (χ3v) is 0.348. The van der Waals surface area contributed by atoms with Crippen LogP contribution < -0.4 is 42.0 Å². The van der Waals surface area contributed by atoms with Gasteiger partial charge in [-0.25, -0.2) is 0 Å². The zero-order chi connectivity index (χ0) is 4.99. The van der Waals surface area contributed by atoms with Gasteiger partial charge >= 0.3 is 35.5 Å². The van der Waals surface area contributed by atoms with Crippen LogP contribution in [0.1, 0.15) is 13.8 Å². The molecular weight excluding hydrogens is 138 g/mol. The van der Waals surface area contributed by atoms with E-state index in [1.165, 1.54) is 6.92 Å². The van der Waals surface area contributed by atoms with Crippen molar-refractivity contribution in [3.63, 3.8) is 0 Å². The number of hydrogen-bond acceptors (Lipinski definition) is 2. The number of hydrogen-bond donors (Lipinski definition) is 0. The van der Waals surface area contributed by atoms with Gasteiger partial charge in [0.1, 0.15) is 0 Å². The summed E-state index contributed by atoms with van der Waals surface area (Å²) in [6.07, 6.45) is 0. The monoisotopic (exact) mass is 146 g/mol. The Labute approximate surface area is 77.7 Å². The van der Waals surface area contributed by atoms with Gasteiger partial charge < -0.3 is 17.1 Å². The Balaban J connectivity index is -0.000000125. The zero-order valence-electron chi connectivity index (χ0n) is 5.40. The number of ether oxygens (including phenoxy) is 1. The van der Waals surface area contributed by atoms with Crippen LogP contribution >= 0.6 is 0 Å². The molecule has 0 amide bonds. The Morgan fingerprint density at radius 2 is 2.00 bits per heavy atom. The van der Waals surface area contributed by atoms with Crippen LogP contribution in [0, 0.1) is 0 Å². The van der Waals surface area contributed by atoms with E-state index in [4.69, 9.17) is 0 Å². The first-order chi connectivity index (χ1) is 2.77. The summed E-state index contributed by atoms with van der Waals surface area (Å²) >= 11 is 0. The molecule has 8 heavy (non-hydrogen) atoms. The normalized spacial score (nSPS) is 5.75. The van der Waals surface area contributed by atoms with Crippen molar-refractivity contribution in [2.45, 2.75) is 13.8 Å².